The molecule has 0 aromatic rings. The molecule has 0 fully saturated rings. The topological polar surface area (TPSA) is 6.48 Å². The van der Waals surface area contributed by atoms with Gasteiger partial charge in [0.25, 0.3) is 0 Å². The summed E-state index contributed by atoms with van der Waals surface area (Å²) in [7, 11) is 7.67. The molecule has 0 amide bonds. The van der Waals surface area contributed by atoms with Gasteiger partial charge in [-0.1, -0.05) is 166 Å². The minimum absolute atomic E-state index is 0.717. The monoisotopic (exact) mass is 724 g/mol. The van der Waals surface area contributed by atoms with Gasteiger partial charge < -0.3 is 9.80 Å². The Hall–Kier alpha value is 1.18. The molecule has 0 saturated heterocycles. The van der Waals surface area contributed by atoms with E-state index in [0.717, 1.165) is 34.8 Å². The second-order valence-electron chi connectivity index (χ2n) is 13.6. The van der Waals surface area contributed by atoms with Crippen LogP contribution in [0.4, 0.5) is 0 Å². The number of unbranched alkanes of at least 4 members (excludes halogenated alkanes) is 7. The molecule has 0 aliphatic rings. The molecular weight excluding hydrogens is 653 g/mol. The van der Waals surface area contributed by atoms with Crippen LogP contribution >= 0.6 is 67.6 Å². The highest BCUT2D eigenvalue weighted by atomic mass is 33.1. The first kappa shape index (κ1) is 45.2. The molecule has 0 saturated carbocycles. The maximum absolute atomic E-state index is 5.96. The molecule has 0 aromatic carbocycles. The van der Waals surface area contributed by atoms with Crippen molar-refractivity contribution in [2.75, 3.05) is 37.7 Å². The largest absolute Gasteiger partial charge is 0.356 e. The average molecular weight is 725 g/mol. The predicted octanol–water partition coefficient (Wildman–Crippen LogP) is 13.8. The zero-order valence-electron chi connectivity index (χ0n) is 30.2. The van der Waals surface area contributed by atoms with Gasteiger partial charge >= 0.3 is 0 Å². The Labute approximate surface area is 303 Å². The van der Waals surface area contributed by atoms with Crippen LogP contribution in [-0.2, 0) is 0 Å². The summed E-state index contributed by atoms with van der Waals surface area (Å²) >= 11 is 11.9. The zero-order chi connectivity index (χ0) is 33.0. The van der Waals surface area contributed by atoms with Crippen molar-refractivity contribution in [2.24, 2.45) is 23.7 Å². The van der Waals surface area contributed by atoms with E-state index in [-0.39, 0.29) is 0 Å². The van der Waals surface area contributed by atoms with E-state index in [1.165, 1.54) is 114 Å². The molecule has 2 nitrogen and oxygen atoms in total. The summed E-state index contributed by atoms with van der Waals surface area (Å²) in [6.07, 6.45) is 20.9. The van der Waals surface area contributed by atoms with Crippen LogP contribution in [0.15, 0.2) is 0 Å². The quantitative estimate of drug-likeness (QED) is 0.0422. The Morgan fingerprint density at radius 3 is 0.977 bits per heavy atom. The number of nitrogens with zero attached hydrogens (tertiary/aromatic N) is 2. The van der Waals surface area contributed by atoms with Crippen molar-refractivity contribution >= 4 is 76.3 Å². The summed E-state index contributed by atoms with van der Waals surface area (Å²) in [6, 6.07) is 0. The second-order valence-corrected chi connectivity index (χ2v) is 19.7. The summed E-state index contributed by atoms with van der Waals surface area (Å²) in [4.78, 5) is 5.07. The lowest BCUT2D eigenvalue weighted by atomic mass is 10.0. The number of hydrogen-bond donors (Lipinski definition) is 0. The van der Waals surface area contributed by atoms with E-state index in [0.29, 0.717) is 23.7 Å². The molecule has 4 unspecified atom stereocenters. The van der Waals surface area contributed by atoms with Gasteiger partial charge in [0.2, 0.25) is 0 Å². The summed E-state index contributed by atoms with van der Waals surface area (Å²) in [6.45, 7) is 23.3. The minimum Gasteiger partial charge on any atom is -0.356 e. The molecular formula is C36H72N2S6. The first-order valence-corrected chi connectivity index (χ1v) is 23.8. The van der Waals surface area contributed by atoms with Crippen LogP contribution in [0.25, 0.3) is 0 Å². The molecule has 0 rings (SSSR count). The highest BCUT2D eigenvalue weighted by Crippen LogP contribution is 2.30. The summed E-state index contributed by atoms with van der Waals surface area (Å²) in [5.74, 6) is 5.26. The van der Waals surface area contributed by atoms with Crippen molar-refractivity contribution in [2.45, 2.75) is 158 Å². The van der Waals surface area contributed by atoms with E-state index >= 15 is 0 Å². The van der Waals surface area contributed by atoms with Crippen molar-refractivity contribution in [3.63, 3.8) is 0 Å². The Bertz CT molecular complexity index is 591. The van der Waals surface area contributed by atoms with Crippen molar-refractivity contribution in [3.8, 4) is 0 Å². The normalized spacial score (nSPS) is 14.3. The van der Waals surface area contributed by atoms with Crippen LogP contribution in [0.2, 0.25) is 0 Å². The lowest BCUT2D eigenvalue weighted by molar-refractivity contribution is 0.296. The first-order chi connectivity index (χ1) is 21.2. The first-order valence-electron chi connectivity index (χ1n) is 18.3. The molecule has 0 radical (unpaired) electrons. The fraction of sp³-hybridized carbons (Fsp3) is 0.944. The van der Waals surface area contributed by atoms with Gasteiger partial charge in [0, 0.05) is 37.7 Å². The molecule has 0 aromatic heterocycles. The van der Waals surface area contributed by atoms with Gasteiger partial charge in [-0.15, -0.1) is 0 Å². The van der Waals surface area contributed by atoms with Gasteiger partial charge in [-0.05, 0) is 83.8 Å². The number of thiocarbonyl (C=S) groups is 2. The van der Waals surface area contributed by atoms with Gasteiger partial charge in [0.05, 0.1) is 0 Å². The lowest BCUT2D eigenvalue weighted by Crippen LogP contribution is -2.35. The second kappa shape index (κ2) is 31.4. The molecule has 0 aliphatic heterocycles. The molecule has 0 N–H and O–H groups in total. The smallest absolute Gasteiger partial charge is 0.147 e. The average Bonchev–Trinajstić information content (AvgIpc) is 3.00. The van der Waals surface area contributed by atoms with Crippen molar-refractivity contribution in [1.29, 1.82) is 0 Å². The zero-order valence-corrected chi connectivity index (χ0v) is 35.1. The molecule has 0 spiro atoms. The third-order valence-corrected chi connectivity index (χ3v) is 14.6. The van der Waals surface area contributed by atoms with Gasteiger partial charge in [0.1, 0.15) is 8.64 Å². The maximum atomic E-state index is 5.96. The lowest BCUT2D eigenvalue weighted by Gasteiger charge is -2.30. The SMILES string of the molecule is CCCCC(C)CN(CC(C)CCCC)C(=S)SSCCCCCCSSC(=S)N(CC(C)CCCC)CC(C)CCCC. The third kappa shape index (κ3) is 26.2. The Balaban J connectivity index is 4.35. The van der Waals surface area contributed by atoms with Crippen LogP contribution < -0.4 is 0 Å². The van der Waals surface area contributed by atoms with E-state index in [1.807, 2.05) is 43.2 Å². The Morgan fingerprint density at radius 2 is 0.727 bits per heavy atom. The van der Waals surface area contributed by atoms with Crippen molar-refractivity contribution in [3.05, 3.63) is 0 Å². The Morgan fingerprint density at radius 1 is 0.455 bits per heavy atom. The van der Waals surface area contributed by atoms with E-state index < -0.39 is 0 Å². The molecule has 44 heavy (non-hydrogen) atoms. The van der Waals surface area contributed by atoms with Gasteiger partial charge in [0.15, 0.2) is 0 Å². The van der Waals surface area contributed by atoms with E-state index in [1.54, 1.807) is 0 Å². The highest BCUT2D eigenvalue weighted by molar-refractivity contribution is 8.84. The summed E-state index contributed by atoms with van der Waals surface area (Å²) < 4.78 is 2.22. The van der Waals surface area contributed by atoms with Crippen LogP contribution in [0.5, 0.6) is 0 Å². The molecule has 4 atom stereocenters. The van der Waals surface area contributed by atoms with Crippen LogP contribution in [-0.4, -0.2) is 56.1 Å². The van der Waals surface area contributed by atoms with Gasteiger partial charge in [-0.25, -0.2) is 0 Å². The van der Waals surface area contributed by atoms with Crippen LogP contribution in [0.1, 0.15) is 158 Å². The maximum Gasteiger partial charge on any atom is 0.147 e. The Kier molecular flexibility index (Phi) is 32.3. The third-order valence-electron chi connectivity index (χ3n) is 8.31. The fourth-order valence-corrected chi connectivity index (χ4v) is 10.6. The van der Waals surface area contributed by atoms with Crippen molar-refractivity contribution in [1.82, 2.24) is 9.80 Å². The molecule has 0 bridgehead atoms. The van der Waals surface area contributed by atoms with Crippen molar-refractivity contribution < 1.29 is 0 Å². The van der Waals surface area contributed by atoms with Crippen LogP contribution in [0, 0.1) is 23.7 Å². The van der Waals surface area contributed by atoms with Gasteiger partial charge in [-0.2, -0.15) is 0 Å². The molecule has 0 heterocycles. The van der Waals surface area contributed by atoms with E-state index in [4.69, 9.17) is 24.4 Å². The van der Waals surface area contributed by atoms with Crippen LogP contribution in [0.3, 0.4) is 0 Å². The van der Waals surface area contributed by atoms with Gasteiger partial charge in [-0.3, -0.25) is 0 Å². The highest BCUT2D eigenvalue weighted by Gasteiger charge is 2.18. The fourth-order valence-electron chi connectivity index (χ4n) is 5.49. The summed E-state index contributed by atoms with van der Waals surface area (Å²) in [5, 5.41) is 0. The molecule has 8 heteroatoms. The number of hydrogen-bond acceptors (Lipinski definition) is 6. The predicted molar refractivity (Wildman–Crippen MR) is 222 cm³/mol. The minimum atomic E-state index is 0.717. The molecule has 0 aliphatic carbocycles. The standard InChI is InChI=1S/C36H72N2S6/c1-9-13-21-31(5)27-37(28-32(6)22-14-10-2)35(39)43-41-25-19-17-18-20-26-42-44-36(40)38(29-33(7)23-15-11-3)30-34(8)24-16-12-4/h31-34H,9-30H2,1-8H3. The summed E-state index contributed by atoms with van der Waals surface area (Å²) in [5.41, 5.74) is 0. The van der Waals surface area contributed by atoms with E-state index in [9.17, 15) is 0 Å². The molecule has 262 valence electrons. The number of rotatable bonds is 29. The van der Waals surface area contributed by atoms with E-state index in [2.05, 4.69) is 65.2 Å².